The van der Waals surface area contributed by atoms with Crippen molar-refractivity contribution in [2.75, 3.05) is 12.7 Å². The van der Waals surface area contributed by atoms with Crippen LogP contribution < -0.4 is 9.79 Å². The van der Waals surface area contributed by atoms with Crippen LogP contribution in [-0.4, -0.2) is 23.7 Å². The third kappa shape index (κ3) is 7.08. The van der Waals surface area contributed by atoms with Gasteiger partial charge in [0.1, 0.15) is 0 Å². The molecular formula is C12H15NO5P-3. The van der Waals surface area contributed by atoms with Crippen LogP contribution in [0.2, 0.25) is 0 Å². The van der Waals surface area contributed by atoms with Crippen LogP contribution in [0.3, 0.4) is 0 Å². The summed E-state index contributed by atoms with van der Waals surface area (Å²) in [5.74, 6) is -0.601. The van der Waals surface area contributed by atoms with E-state index < -0.39 is 19.7 Å². The summed E-state index contributed by atoms with van der Waals surface area (Å²) < 4.78 is 10.4. The monoisotopic (exact) mass is 284 g/mol. The Morgan fingerprint density at radius 2 is 1.84 bits per heavy atom. The number of aryl methyl sites for hydroxylation is 1. The van der Waals surface area contributed by atoms with E-state index in [2.05, 4.69) is 0 Å². The number of amides is 1. The minimum absolute atomic E-state index is 0.0694. The van der Waals surface area contributed by atoms with Crippen molar-refractivity contribution in [2.24, 2.45) is 0 Å². The minimum atomic E-state index is -4.59. The van der Waals surface area contributed by atoms with Gasteiger partial charge in [0, 0.05) is 13.0 Å². The molecule has 19 heavy (non-hydrogen) atoms. The van der Waals surface area contributed by atoms with Gasteiger partial charge in [-0.25, -0.2) is 0 Å². The third-order valence-corrected chi connectivity index (χ3v) is 3.41. The molecule has 0 spiro atoms. The molecule has 0 saturated carbocycles. The second-order valence-electron chi connectivity index (χ2n) is 4.17. The highest BCUT2D eigenvalue weighted by molar-refractivity contribution is 7.48. The van der Waals surface area contributed by atoms with E-state index in [0.29, 0.717) is 6.42 Å². The molecule has 0 saturated heterocycles. The summed E-state index contributed by atoms with van der Waals surface area (Å²) >= 11 is 0. The fourth-order valence-electron chi connectivity index (χ4n) is 1.55. The Balaban J connectivity index is 2.27. The van der Waals surface area contributed by atoms with Crippen LogP contribution in [0.5, 0.6) is 0 Å². The number of nitrogens with zero attached hydrogens (tertiary/aromatic N) is 1. The van der Waals surface area contributed by atoms with Gasteiger partial charge in [0.2, 0.25) is 5.91 Å². The Morgan fingerprint density at radius 3 is 2.42 bits per heavy atom. The quantitative estimate of drug-likeness (QED) is 0.527. The maximum absolute atomic E-state index is 11.5. The van der Waals surface area contributed by atoms with Crippen molar-refractivity contribution in [1.82, 2.24) is 5.06 Å². The maximum atomic E-state index is 11.5. The van der Waals surface area contributed by atoms with Crippen LogP contribution in [0.15, 0.2) is 30.3 Å². The third-order valence-electron chi connectivity index (χ3n) is 2.54. The van der Waals surface area contributed by atoms with E-state index in [4.69, 9.17) is 0 Å². The zero-order valence-corrected chi connectivity index (χ0v) is 11.3. The molecule has 1 amide bonds. The van der Waals surface area contributed by atoms with Crippen molar-refractivity contribution in [3.05, 3.63) is 41.1 Å². The largest absolute Gasteiger partial charge is 0.811 e. The van der Waals surface area contributed by atoms with Crippen molar-refractivity contribution in [3.63, 3.8) is 0 Å². The van der Waals surface area contributed by atoms with E-state index in [-0.39, 0.29) is 24.4 Å². The summed E-state index contributed by atoms with van der Waals surface area (Å²) in [5, 5.41) is 11.5. The summed E-state index contributed by atoms with van der Waals surface area (Å²) in [6, 6.07) is 9.25. The lowest BCUT2D eigenvalue weighted by molar-refractivity contribution is -0.313. The standard InChI is InChI=1S/C12H17NO5P/c14-12(8-7-11-5-2-1-3-6-11)13(15)9-4-10-19(16,17)18/h1-3,5-6H,4,7-10H2,(H2,16,17,18)/q-1/p-2. The van der Waals surface area contributed by atoms with Gasteiger partial charge in [0.25, 0.3) is 0 Å². The molecule has 0 N–H and O–H groups in total. The number of hydrogen-bond acceptors (Lipinski definition) is 5. The van der Waals surface area contributed by atoms with Gasteiger partial charge in [0.05, 0.1) is 0 Å². The molecule has 7 heteroatoms. The molecule has 6 nitrogen and oxygen atoms in total. The minimum Gasteiger partial charge on any atom is -0.811 e. The van der Waals surface area contributed by atoms with E-state index >= 15 is 0 Å². The SMILES string of the molecule is O=C(CCc1ccccc1)N([O-])CCCP(=O)([O-])[O-]. The van der Waals surface area contributed by atoms with Gasteiger partial charge in [-0.1, -0.05) is 37.9 Å². The van der Waals surface area contributed by atoms with Crippen molar-refractivity contribution in [2.45, 2.75) is 19.3 Å². The van der Waals surface area contributed by atoms with Crippen LogP contribution in [-0.2, 0) is 15.8 Å². The average molecular weight is 284 g/mol. The highest BCUT2D eigenvalue weighted by Crippen LogP contribution is 2.23. The van der Waals surface area contributed by atoms with Crippen LogP contribution in [0, 0.1) is 5.21 Å². The van der Waals surface area contributed by atoms with Crippen molar-refractivity contribution < 1.29 is 19.1 Å². The van der Waals surface area contributed by atoms with Crippen LogP contribution in [0.1, 0.15) is 18.4 Å². The van der Waals surface area contributed by atoms with E-state index in [1.54, 1.807) is 0 Å². The van der Waals surface area contributed by atoms with E-state index in [1.807, 2.05) is 30.3 Å². The zero-order valence-electron chi connectivity index (χ0n) is 10.4. The summed E-state index contributed by atoms with van der Waals surface area (Å²) in [5.41, 5.74) is 0.952. The maximum Gasteiger partial charge on any atom is 0.212 e. The predicted molar refractivity (Wildman–Crippen MR) is 66.9 cm³/mol. The molecule has 0 aliphatic heterocycles. The van der Waals surface area contributed by atoms with Gasteiger partial charge >= 0.3 is 0 Å². The molecule has 0 atom stereocenters. The van der Waals surface area contributed by atoms with Crippen LogP contribution in [0.25, 0.3) is 0 Å². The molecule has 0 radical (unpaired) electrons. The Morgan fingerprint density at radius 1 is 1.21 bits per heavy atom. The first-order valence-corrected chi connectivity index (χ1v) is 7.64. The molecule has 0 aliphatic rings. The first kappa shape index (κ1) is 15.9. The number of carbonyl (C=O) groups excluding carboxylic acids is 1. The molecule has 1 aromatic rings. The number of hydroxylamine groups is 2. The first-order valence-electron chi connectivity index (χ1n) is 5.91. The van der Waals surface area contributed by atoms with Crippen molar-refractivity contribution >= 4 is 13.5 Å². The molecule has 1 rings (SSSR count). The second kappa shape index (κ2) is 7.40. The summed E-state index contributed by atoms with van der Waals surface area (Å²) in [7, 11) is -4.59. The smallest absolute Gasteiger partial charge is 0.212 e. The lowest BCUT2D eigenvalue weighted by atomic mass is 10.1. The summed E-state index contributed by atoms with van der Waals surface area (Å²) in [6.07, 6.45) is -0.192. The Kier molecular flexibility index (Phi) is 6.18. The first-order chi connectivity index (χ1) is 8.88. The number of hydrogen-bond donors (Lipinski definition) is 0. The van der Waals surface area contributed by atoms with Crippen LogP contribution in [0.4, 0.5) is 0 Å². The van der Waals surface area contributed by atoms with E-state index in [9.17, 15) is 24.4 Å². The lowest BCUT2D eigenvalue weighted by Gasteiger charge is -2.33. The van der Waals surface area contributed by atoms with Gasteiger partial charge in [0.15, 0.2) is 0 Å². The average Bonchev–Trinajstić information content (AvgIpc) is 2.35. The molecular weight excluding hydrogens is 269 g/mol. The van der Waals surface area contributed by atoms with E-state index in [1.165, 1.54) is 0 Å². The molecule has 0 aromatic heterocycles. The number of benzene rings is 1. The van der Waals surface area contributed by atoms with Gasteiger partial charge < -0.3 is 24.6 Å². The van der Waals surface area contributed by atoms with Crippen molar-refractivity contribution in [3.8, 4) is 0 Å². The van der Waals surface area contributed by atoms with Crippen LogP contribution >= 0.6 is 7.60 Å². The zero-order chi connectivity index (χ0) is 14.3. The normalized spacial score (nSPS) is 11.3. The predicted octanol–water partition coefficient (Wildman–Crippen LogP) is 0.249. The Labute approximate surface area is 111 Å². The van der Waals surface area contributed by atoms with Gasteiger partial charge in [-0.3, -0.25) is 4.79 Å². The summed E-state index contributed by atoms with van der Waals surface area (Å²) in [6.45, 7) is -0.262. The molecule has 0 unspecified atom stereocenters. The highest BCUT2D eigenvalue weighted by Gasteiger charge is 2.05. The summed E-state index contributed by atoms with van der Waals surface area (Å²) in [4.78, 5) is 32.2. The highest BCUT2D eigenvalue weighted by atomic mass is 31.2. The Hall–Kier alpha value is -1.20. The number of rotatable bonds is 7. The molecule has 106 valence electrons. The Bertz CT molecular complexity index is 445. The lowest BCUT2D eigenvalue weighted by Crippen LogP contribution is -2.28. The molecule has 0 bridgehead atoms. The van der Waals surface area contributed by atoms with Gasteiger partial charge in [-0.2, -0.15) is 0 Å². The number of carbonyl (C=O) groups is 1. The molecule has 1 aromatic carbocycles. The van der Waals surface area contributed by atoms with E-state index in [0.717, 1.165) is 5.56 Å². The molecule has 0 fully saturated rings. The topological polar surface area (TPSA) is 107 Å². The molecule has 0 heterocycles. The fraction of sp³-hybridized carbons (Fsp3) is 0.417. The van der Waals surface area contributed by atoms with Crippen molar-refractivity contribution in [1.29, 1.82) is 0 Å². The fourth-order valence-corrected chi connectivity index (χ4v) is 2.08. The van der Waals surface area contributed by atoms with Gasteiger partial charge in [-0.15, -0.1) is 0 Å². The second-order valence-corrected chi connectivity index (χ2v) is 5.84. The van der Waals surface area contributed by atoms with Gasteiger partial charge in [-0.05, 0) is 24.6 Å². The molecule has 0 aliphatic carbocycles.